The van der Waals surface area contributed by atoms with E-state index < -0.39 is 0 Å². The first-order valence-corrected chi connectivity index (χ1v) is 11.7. The van der Waals surface area contributed by atoms with Gasteiger partial charge in [0.05, 0.1) is 6.61 Å². The van der Waals surface area contributed by atoms with Gasteiger partial charge in [0.1, 0.15) is 0 Å². The molecule has 1 aliphatic carbocycles. The molecule has 0 atom stereocenters. The number of hydrogen-bond donors (Lipinski definition) is 0. The minimum atomic E-state index is -0.340. The maximum absolute atomic E-state index is 14.2. The summed E-state index contributed by atoms with van der Waals surface area (Å²) in [5.41, 5.74) is 3.08. The topological polar surface area (TPSA) is 9.23 Å². The zero-order valence-corrected chi connectivity index (χ0v) is 18.6. The minimum absolute atomic E-state index is 0.315. The maximum atomic E-state index is 14.2. The number of ether oxygens (including phenoxy) is 1. The normalized spacial score (nSPS) is 18.5. The Balaban J connectivity index is 1.55. The fraction of sp³-hybridized carbons (Fsp3) is 0.500. The van der Waals surface area contributed by atoms with E-state index in [1.54, 1.807) is 6.07 Å². The van der Waals surface area contributed by atoms with E-state index in [1.807, 2.05) is 6.07 Å². The van der Waals surface area contributed by atoms with Crippen LogP contribution in [-0.4, -0.2) is 6.61 Å². The van der Waals surface area contributed by atoms with Gasteiger partial charge in [0.25, 0.3) is 0 Å². The molecule has 0 bridgehead atoms. The Morgan fingerprint density at radius 2 is 1.57 bits per heavy atom. The average molecular weight is 407 g/mol. The van der Waals surface area contributed by atoms with Crippen LogP contribution in [0.2, 0.25) is 0 Å². The Morgan fingerprint density at radius 1 is 0.867 bits per heavy atom. The second-order valence-corrected chi connectivity index (χ2v) is 8.58. The van der Waals surface area contributed by atoms with Crippen LogP contribution in [0.5, 0.6) is 5.75 Å². The van der Waals surface area contributed by atoms with Gasteiger partial charge in [-0.25, -0.2) is 4.39 Å². The fourth-order valence-corrected chi connectivity index (χ4v) is 4.41. The average Bonchev–Trinajstić information content (AvgIpc) is 2.77. The van der Waals surface area contributed by atoms with Crippen molar-refractivity contribution in [2.45, 2.75) is 77.6 Å². The number of benzene rings is 2. The fourth-order valence-electron chi connectivity index (χ4n) is 4.41. The molecule has 30 heavy (non-hydrogen) atoms. The van der Waals surface area contributed by atoms with Gasteiger partial charge in [-0.05, 0) is 79.8 Å². The minimum Gasteiger partial charge on any atom is -0.491 e. The highest BCUT2D eigenvalue weighted by Crippen LogP contribution is 2.37. The van der Waals surface area contributed by atoms with Crippen LogP contribution in [0.4, 0.5) is 4.39 Å². The summed E-state index contributed by atoms with van der Waals surface area (Å²) in [7, 11) is 0. The van der Waals surface area contributed by atoms with Gasteiger partial charge >= 0.3 is 0 Å². The molecule has 0 heterocycles. The second-order valence-electron chi connectivity index (χ2n) is 8.58. The zero-order valence-electron chi connectivity index (χ0n) is 18.6. The lowest BCUT2D eigenvalue weighted by Gasteiger charge is -2.28. The van der Waals surface area contributed by atoms with Gasteiger partial charge in [-0.2, -0.15) is 0 Å². The standard InChI is InChI=1S/C28H35FO/c1-3-5-6-20-30-28-19-14-24(21-27(28)29)9-8-23-12-17-26(18-13-23)25-15-10-22(7-4-2)11-16-25/h12-14,17-19,21-22,25H,3-7,10-11,15-16,20H2,1-2H3/t22-,25-. The summed E-state index contributed by atoms with van der Waals surface area (Å²) in [4.78, 5) is 0. The van der Waals surface area contributed by atoms with Gasteiger partial charge in [-0.1, -0.05) is 63.5 Å². The molecule has 0 N–H and O–H groups in total. The lowest BCUT2D eigenvalue weighted by molar-refractivity contribution is 0.291. The van der Waals surface area contributed by atoms with E-state index in [1.165, 1.54) is 50.2 Å². The maximum Gasteiger partial charge on any atom is 0.166 e. The van der Waals surface area contributed by atoms with Crippen LogP contribution in [0.15, 0.2) is 42.5 Å². The Bertz CT molecular complexity index is 835. The predicted molar refractivity (Wildman–Crippen MR) is 123 cm³/mol. The molecule has 0 saturated heterocycles. The lowest BCUT2D eigenvalue weighted by atomic mass is 9.77. The van der Waals surface area contributed by atoms with E-state index >= 15 is 0 Å². The summed E-state index contributed by atoms with van der Waals surface area (Å²) < 4.78 is 19.8. The van der Waals surface area contributed by atoms with E-state index in [4.69, 9.17) is 4.74 Å². The van der Waals surface area contributed by atoms with E-state index in [0.717, 1.165) is 30.7 Å². The number of unbranched alkanes of at least 4 members (excludes halogenated alkanes) is 2. The Labute approximate surface area is 182 Å². The highest BCUT2D eigenvalue weighted by molar-refractivity contribution is 5.45. The van der Waals surface area contributed by atoms with Crippen molar-refractivity contribution in [1.82, 2.24) is 0 Å². The van der Waals surface area contributed by atoms with Crippen molar-refractivity contribution in [3.05, 3.63) is 65.0 Å². The van der Waals surface area contributed by atoms with Gasteiger partial charge in [0, 0.05) is 11.1 Å². The Kier molecular flexibility index (Phi) is 8.81. The molecule has 0 unspecified atom stereocenters. The van der Waals surface area contributed by atoms with Crippen molar-refractivity contribution < 1.29 is 9.13 Å². The first-order valence-electron chi connectivity index (χ1n) is 11.7. The summed E-state index contributed by atoms with van der Waals surface area (Å²) in [6.07, 6.45) is 11.2. The highest BCUT2D eigenvalue weighted by Gasteiger charge is 2.21. The summed E-state index contributed by atoms with van der Waals surface area (Å²) in [6.45, 7) is 4.99. The first kappa shape index (κ1) is 22.4. The SMILES string of the molecule is CCCCCOc1ccc(C#Cc2ccc([C@H]3CC[C@H](CCC)CC3)cc2)cc1F. The molecule has 1 saturated carbocycles. The summed E-state index contributed by atoms with van der Waals surface area (Å²) >= 11 is 0. The molecule has 0 spiro atoms. The van der Waals surface area contributed by atoms with Gasteiger partial charge in [-0.3, -0.25) is 0 Å². The van der Waals surface area contributed by atoms with Crippen LogP contribution < -0.4 is 4.74 Å². The number of hydrogen-bond acceptors (Lipinski definition) is 1. The second kappa shape index (κ2) is 11.8. The number of rotatable bonds is 8. The van der Waals surface area contributed by atoms with E-state index in [0.29, 0.717) is 23.8 Å². The van der Waals surface area contributed by atoms with Crippen molar-refractivity contribution in [3.8, 4) is 17.6 Å². The highest BCUT2D eigenvalue weighted by atomic mass is 19.1. The molecule has 0 radical (unpaired) electrons. The molecule has 0 amide bonds. The van der Waals surface area contributed by atoms with Crippen LogP contribution in [0, 0.1) is 23.6 Å². The molecule has 2 heteroatoms. The van der Waals surface area contributed by atoms with Crippen molar-refractivity contribution in [1.29, 1.82) is 0 Å². The van der Waals surface area contributed by atoms with Gasteiger partial charge in [0.15, 0.2) is 11.6 Å². The smallest absolute Gasteiger partial charge is 0.166 e. The Hall–Kier alpha value is -2.27. The van der Waals surface area contributed by atoms with Crippen molar-refractivity contribution in [2.75, 3.05) is 6.61 Å². The first-order chi connectivity index (χ1) is 14.7. The molecule has 0 aromatic heterocycles. The van der Waals surface area contributed by atoms with Crippen molar-refractivity contribution >= 4 is 0 Å². The van der Waals surface area contributed by atoms with Crippen LogP contribution in [0.1, 0.15) is 94.2 Å². The lowest BCUT2D eigenvalue weighted by Crippen LogP contribution is -2.13. The van der Waals surface area contributed by atoms with Crippen molar-refractivity contribution in [2.24, 2.45) is 5.92 Å². The number of halogens is 1. The summed E-state index contributed by atoms with van der Waals surface area (Å²) in [5.74, 6) is 7.85. The molecule has 2 aromatic rings. The van der Waals surface area contributed by atoms with Crippen LogP contribution in [-0.2, 0) is 0 Å². The molecular weight excluding hydrogens is 371 g/mol. The van der Waals surface area contributed by atoms with Gasteiger partial charge in [-0.15, -0.1) is 0 Å². The molecule has 3 rings (SSSR count). The summed E-state index contributed by atoms with van der Waals surface area (Å²) in [5, 5.41) is 0. The molecular formula is C28H35FO. The van der Waals surface area contributed by atoms with Crippen LogP contribution in [0.25, 0.3) is 0 Å². The third-order valence-corrected chi connectivity index (χ3v) is 6.21. The quantitative estimate of drug-likeness (QED) is 0.320. The molecule has 2 aromatic carbocycles. The predicted octanol–water partition coefficient (Wildman–Crippen LogP) is 7.87. The molecule has 0 aliphatic heterocycles. The van der Waals surface area contributed by atoms with E-state index in [9.17, 15) is 4.39 Å². The molecule has 1 aliphatic rings. The summed E-state index contributed by atoms with van der Waals surface area (Å²) in [6, 6.07) is 13.6. The van der Waals surface area contributed by atoms with Crippen LogP contribution in [0.3, 0.4) is 0 Å². The largest absolute Gasteiger partial charge is 0.491 e. The van der Waals surface area contributed by atoms with E-state index in [-0.39, 0.29) is 5.82 Å². The van der Waals surface area contributed by atoms with Gasteiger partial charge < -0.3 is 4.74 Å². The van der Waals surface area contributed by atoms with Crippen LogP contribution >= 0.6 is 0 Å². The zero-order chi connectivity index (χ0) is 21.2. The van der Waals surface area contributed by atoms with Crippen molar-refractivity contribution in [3.63, 3.8) is 0 Å². The third kappa shape index (κ3) is 6.63. The third-order valence-electron chi connectivity index (χ3n) is 6.21. The van der Waals surface area contributed by atoms with E-state index in [2.05, 4.69) is 50.0 Å². The molecule has 1 fully saturated rings. The van der Waals surface area contributed by atoms with Gasteiger partial charge in [0.2, 0.25) is 0 Å². The Morgan fingerprint density at radius 3 is 2.23 bits per heavy atom. The monoisotopic (exact) mass is 406 g/mol. The molecule has 1 nitrogen and oxygen atoms in total. The molecule has 160 valence electrons.